The highest BCUT2D eigenvalue weighted by molar-refractivity contribution is 5.77. The number of nitrogens with one attached hydrogen (secondary N) is 2. The maximum absolute atomic E-state index is 11.6. The van der Waals surface area contributed by atoms with Crippen molar-refractivity contribution in [3.8, 4) is 0 Å². The summed E-state index contributed by atoms with van der Waals surface area (Å²) in [5, 5.41) is 5.44. The minimum atomic E-state index is -0.122. The first kappa shape index (κ1) is 12.5. The summed E-state index contributed by atoms with van der Waals surface area (Å²) in [7, 11) is 1.80. The Hall–Kier alpha value is -1.52. The van der Waals surface area contributed by atoms with Crippen molar-refractivity contribution in [1.82, 2.24) is 15.1 Å². The Labute approximate surface area is 94.8 Å². The minimum absolute atomic E-state index is 0.0368. The summed E-state index contributed by atoms with van der Waals surface area (Å²) < 4.78 is 1.71. The molecule has 0 aliphatic rings. The van der Waals surface area contributed by atoms with E-state index >= 15 is 0 Å². The number of aromatic amines is 1. The van der Waals surface area contributed by atoms with E-state index in [4.69, 9.17) is 0 Å². The summed E-state index contributed by atoms with van der Waals surface area (Å²) in [4.78, 5) is 23.0. The summed E-state index contributed by atoms with van der Waals surface area (Å²) in [5.41, 5.74) is 1.47. The second-order valence-electron chi connectivity index (χ2n) is 4.15. The summed E-state index contributed by atoms with van der Waals surface area (Å²) in [6, 6.07) is 0. The Morgan fingerprint density at radius 3 is 2.62 bits per heavy atom. The summed E-state index contributed by atoms with van der Waals surface area (Å²) in [6.45, 7) is 5.93. The highest BCUT2D eigenvalue weighted by atomic mass is 16.2. The van der Waals surface area contributed by atoms with Gasteiger partial charge in [-0.2, -0.15) is 0 Å². The van der Waals surface area contributed by atoms with Crippen molar-refractivity contribution in [2.75, 3.05) is 0 Å². The van der Waals surface area contributed by atoms with Crippen LogP contribution in [0.1, 0.15) is 32.0 Å². The van der Waals surface area contributed by atoms with Crippen LogP contribution in [-0.4, -0.2) is 15.7 Å². The Bertz CT molecular complexity index is 429. The topological polar surface area (TPSA) is 66.9 Å². The van der Waals surface area contributed by atoms with Crippen LogP contribution in [0, 0.1) is 5.92 Å². The fourth-order valence-corrected chi connectivity index (χ4v) is 1.63. The molecule has 0 saturated carbocycles. The van der Waals surface area contributed by atoms with Gasteiger partial charge in [0.1, 0.15) is 0 Å². The van der Waals surface area contributed by atoms with Gasteiger partial charge in [0, 0.05) is 18.7 Å². The Kier molecular flexibility index (Phi) is 3.93. The Balaban J connectivity index is 2.81. The predicted octanol–water partition coefficient (Wildman–Crippen LogP) is 0.548. The van der Waals surface area contributed by atoms with E-state index in [1.807, 2.05) is 20.8 Å². The number of hydrogen-bond donors (Lipinski definition) is 2. The van der Waals surface area contributed by atoms with Gasteiger partial charge in [-0.1, -0.05) is 20.8 Å². The van der Waals surface area contributed by atoms with Crippen molar-refractivity contribution >= 4 is 5.91 Å². The Morgan fingerprint density at radius 2 is 2.12 bits per heavy atom. The second kappa shape index (κ2) is 5.01. The van der Waals surface area contributed by atoms with Crippen molar-refractivity contribution in [1.29, 1.82) is 0 Å². The third-order valence-electron chi connectivity index (χ3n) is 2.60. The predicted molar refractivity (Wildman–Crippen MR) is 62.1 cm³/mol. The van der Waals surface area contributed by atoms with Crippen LogP contribution >= 0.6 is 0 Å². The SMILES string of the molecule is CCc1c(CNC(=O)C(C)C)c(=O)[nH]n1C. The van der Waals surface area contributed by atoms with Gasteiger partial charge in [0.15, 0.2) is 0 Å². The fraction of sp³-hybridized carbons (Fsp3) is 0.636. The molecule has 0 unspecified atom stereocenters. The number of H-pyrrole nitrogens is 1. The summed E-state index contributed by atoms with van der Waals surface area (Å²) >= 11 is 0. The van der Waals surface area contributed by atoms with Gasteiger partial charge < -0.3 is 5.32 Å². The maximum Gasteiger partial charge on any atom is 0.269 e. The number of amides is 1. The van der Waals surface area contributed by atoms with E-state index in [0.717, 1.165) is 12.1 Å². The summed E-state index contributed by atoms with van der Waals surface area (Å²) in [5.74, 6) is -0.0989. The van der Waals surface area contributed by atoms with E-state index in [9.17, 15) is 9.59 Å². The standard InChI is InChI=1S/C11H19N3O2/c1-5-9-8(11(16)13-14(9)4)6-12-10(15)7(2)3/h7H,5-6H2,1-4H3,(H,12,15)(H,13,16). The van der Waals surface area contributed by atoms with Gasteiger partial charge in [-0.3, -0.25) is 19.4 Å². The fourth-order valence-electron chi connectivity index (χ4n) is 1.63. The van der Waals surface area contributed by atoms with Crippen LogP contribution in [0.2, 0.25) is 0 Å². The van der Waals surface area contributed by atoms with E-state index in [1.54, 1.807) is 11.7 Å². The lowest BCUT2D eigenvalue weighted by Gasteiger charge is -2.07. The van der Waals surface area contributed by atoms with Gasteiger partial charge in [0.2, 0.25) is 5.91 Å². The number of hydrogen-bond acceptors (Lipinski definition) is 2. The molecule has 0 saturated heterocycles. The van der Waals surface area contributed by atoms with Crippen LogP contribution in [0.25, 0.3) is 0 Å². The molecule has 5 heteroatoms. The molecule has 5 nitrogen and oxygen atoms in total. The lowest BCUT2D eigenvalue weighted by atomic mass is 10.1. The quantitative estimate of drug-likeness (QED) is 0.785. The molecule has 0 bridgehead atoms. The van der Waals surface area contributed by atoms with Crippen LogP contribution in [0.5, 0.6) is 0 Å². The maximum atomic E-state index is 11.6. The molecule has 90 valence electrons. The van der Waals surface area contributed by atoms with Crippen molar-refractivity contribution in [2.24, 2.45) is 13.0 Å². The smallest absolute Gasteiger partial charge is 0.269 e. The normalized spacial score (nSPS) is 10.8. The van der Waals surface area contributed by atoms with Gasteiger partial charge in [0.05, 0.1) is 12.1 Å². The number of rotatable bonds is 4. The molecule has 0 spiro atoms. The van der Waals surface area contributed by atoms with Gasteiger partial charge in [-0.05, 0) is 6.42 Å². The highest BCUT2D eigenvalue weighted by Crippen LogP contribution is 2.03. The molecule has 0 aliphatic heterocycles. The van der Waals surface area contributed by atoms with Gasteiger partial charge in [0.25, 0.3) is 5.56 Å². The molecule has 16 heavy (non-hydrogen) atoms. The van der Waals surface area contributed by atoms with Gasteiger partial charge in [-0.25, -0.2) is 0 Å². The van der Waals surface area contributed by atoms with Crippen molar-refractivity contribution in [3.05, 3.63) is 21.6 Å². The molecular weight excluding hydrogens is 206 g/mol. The second-order valence-corrected chi connectivity index (χ2v) is 4.15. The van der Waals surface area contributed by atoms with Crippen molar-refractivity contribution in [3.63, 3.8) is 0 Å². The molecule has 0 aliphatic carbocycles. The van der Waals surface area contributed by atoms with E-state index in [-0.39, 0.29) is 17.4 Å². The molecule has 0 radical (unpaired) electrons. The monoisotopic (exact) mass is 225 g/mol. The van der Waals surface area contributed by atoms with E-state index < -0.39 is 0 Å². The molecule has 1 rings (SSSR count). The average molecular weight is 225 g/mol. The van der Waals surface area contributed by atoms with Crippen molar-refractivity contribution in [2.45, 2.75) is 33.7 Å². The zero-order valence-electron chi connectivity index (χ0n) is 10.3. The lowest BCUT2D eigenvalue weighted by molar-refractivity contribution is -0.124. The average Bonchev–Trinajstić information content (AvgIpc) is 2.48. The molecule has 0 atom stereocenters. The minimum Gasteiger partial charge on any atom is -0.352 e. The van der Waals surface area contributed by atoms with Crippen LogP contribution in [0.3, 0.4) is 0 Å². The molecule has 1 heterocycles. The van der Waals surface area contributed by atoms with Crippen LogP contribution in [0.15, 0.2) is 4.79 Å². The van der Waals surface area contributed by atoms with Gasteiger partial charge >= 0.3 is 0 Å². The highest BCUT2D eigenvalue weighted by Gasteiger charge is 2.13. The first-order valence-corrected chi connectivity index (χ1v) is 5.51. The molecule has 0 fully saturated rings. The number of nitrogens with zero attached hydrogens (tertiary/aromatic N) is 1. The van der Waals surface area contributed by atoms with Crippen LogP contribution in [0.4, 0.5) is 0 Å². The molecule has 1 amide bonds. The van der Waals surface area contributed by atoms with Gasteiger partial charge in [-0.15, -0.1) is 0 Å². The molecule has 2 N–H and O–H groups in total. The van der Waals surface area contributed by atoms with E-state index in [1.165, 1.54) is 0 Å². The number of carbonyl (C=O) groups excluding carboxylic acids is 1. The summed E-state index contributed by atoms with van der Waals surface area (Å²) in [6.07, 6.45) is 0.766. The molecule has 0 aromatic carbocycles. The third kappa shape index (κ3) is 2.53. The number of aromatic nitrogens is 2. The first-order valence-electron chi connectivity index (χ1n) is 5.51. The lowest BCUT2D eigenvalue weighted by Crippen LogP contribution is -2.29. The largest absolute Gasteiger partial charge is 0.352 e. The molecule has 1 aromatic heterocycles. The molecular formula is C11H19N3O2. The van der Waals surface area contributed by atoms with Crippen molar-refractivity contribution < 1.29 is 4.79 Å². The third-order valence-corrected chi connectivity index (χ3v) is 2.60. The van der Waals surface area contributed by atoms with Crippen LogP contribution in [-0.2, 0) is 24.8 Å². The number of aryl methyl sites for hydroxylation is 1. The zero-order chi connectivity index (χ0) is 12.3. The number of carbonyl (C=O) groups is 1. The molecule has 1 aromatic rings. The Morgan fingerprint density at radius 1 is 1.50 bits per heavy atom. The van der Waals surface area contributed by atoms with E-state index in [2.05, 4.69) is 10.4 Å². The van der Waals surface area contributed by atoms with Crippen LogP contribution < -0.4 is 10.9 Å². The van der Waals surface area contributed by atoms with E-state index in [0.29, 0.717) is 12.1 Å². The first-order chi connectivity index (χ1) is 7.47. The zero-order valence-corrected chi connectivity index (χ0v) is 10.3.